The first-order valence-corrected chi connectivity index (χ1v) is 11.4. The fourth-order valence-electron chi connectivity index (χ4n) is 5.88. The van der Waals surface area contributed by atoms with Crippen molar-refractivity contribution in [1.29, 1.82) is 0 Å². The highest BCUT2D eigenvalue weighted by atomic mass is 19.4. The highest BCUT2D eigenvalue weighted by Crippen LogP contribution is 2.53. The quantitative estimate of drug-likeness (QED) is 0.692. The molecule has 1 aliphatic carbocycles. The van der Waals surface area contributed by atoms with Crippen LogP contribution in [0.3, 0.4) is 0 Å². The first kappa shape index (κ1) is 21.6. The molecular weight excluding hydrogens is 455 g/mol. The Bertz CT molecular complexity index is 1140. The van der Waals surface area contributed by atoms with Gasteiger partial charge in [0, 0.05) is 31.6 Å². The summed E-state index contributed by atoms with van der Waals surface area (Å²) in [5.74, 6) is -0.961. The number of nitrogens with one attached hydrogen (secondary N) is 1. The SMILES string of the molecule is O=C1CO[C@H]2CCN(C(=O)N3CC4(CC(Cc5ccc6nc(C(F)(F)F)nn6n5)C4)C3)C[C@H]2N1. The van der Waals surface area contributed by atoms with Crippen LogP contribution in [0.4, 0.5) is 18.0 Å². The van der Waals surface area contributed by atoms with E-state index < -0.39 is 12.0 Å². The predicted molar refractivity (Wildman–Crippen MR) is 109 cm³/mol. The molecule has 0 aromatic carbocycles. The molecule has 13 heteroatoms. The minimum atomic E-state index is -4.60. The Morgan fingerprint density at radius 3 is 2.76 bits per heavy atom. The highest BCUT2D eigenvalue weighted by Gasteiger charge is 2.54. The second-order valence-corrected chi connectivity index (χ2v) is 9.98. The molecule has 182 valence electrons. The molecule has 5 heterocycles. The number of hydrogen-bond acceptors (Lipinski definition) is 6. The van der Waals surface area contributed by atoms with Crippen LogP contribution in [0, 0.1) is 11.3 Å². The van der Waals surface area contributed by atoms with Crippen LogP contribution in [0.25, 0.3) is 5.65 Å². The van der Waals surface area contributed by atoms with Gasteiger partial charge in [0.1, 0.15) is 6.61 Å². The van der Waals surface area contributed by atoms with Crippen molar-refractivity contribution in [2.75, 3.05) is 32.8 Å². The number of carbonyl (C=O) groups excluding carboxylic acids is 2. The Kier molecular flexibility index (Phi) is 4.77. The molecule has 1 N–H and O–H groups in total. The summed E-state index contributed by atoms with van der Waals surface area (Å²) < 4.78 is 44.9. The van der Waals surface area contributed by atoms with Crippen LogP contribution in [0.5, 0.6) is 0 Å². The van der Waals surface area contributed by atoms with E-state index >= 15 is 0 Å². The van der Waals surface area contributed by atoms with Crippen molar-refractivity contribution >= 4 is 17.6 Å². The topological polar surface area (TPSA) is 105 Å². The van der Waals surface area contributed by atoms with Gasteiger partial charge in [-0.05, 0) is 43.7 Å². The summed E-state index contributed by atoms with van der Waals surface area (Å²) in [6.07, 6.45) is -1.35. The van der Waals surface area contributed by atoms with Crippen LogP contribution in [-0.2, 0) is 22.1 Å². The number of alkyl halides is 3. The number of urea groups is 1. The lowest BCUT2D eigenvalue weighted by Gasteiger charge is -2.60. The fraction of sp³-hybridized carbons (Fsp3) is 0.667. The van der Waals surface area contributed by atoms with E-state index in [1.807, 2.05) is 4.90 Å². The lowest BCUT2D eigenvalue weighted by molar-refractivity contribution is -0.144. The smallest absolute Gasteiger partial charge is 0.366 e. The average Bonchev–Trinajstić information content (AvgIpc) is 3.17. The van der Waals surface area contributed by atoms with Gasteiger partial charge in [0.15, 0.2) is 5.65 Å². The maximum absolute atomic E-state index is 12.9. The zero-order valence-electron chi connectivity index (χ0n) is 18.3. The van der Waals surface area contributed by atoms with Gasteiger partial charge in [-0.3, -0.25) is 4.79 Å². The van der Waals surface area contributed by atoms with Crippen molar-refractivity contribution < 1.29 is 27.5 Å². The molecule has 3 aliphatic heterocycles. The molecule has 2 atom stereocenters. The van der Waals surface area contributed by atoms with Crippen LogP contribution >= 0.6 is 0 Å². The van der Waals surface area contributed by atoms with Crippen LogP contribution in [0.2, 0.25) is 0 Å². The fourth-order valence-corrected chi connectivity index (χ4v) is 5.88. The molecule has 6 rings (SSSR count). The lowest BCUT2D eigenvalue weighted by Crippen LogP contribution is -2.68. The normalized spacial score (nSPS) is 26.7. The molecule has 0 radical (unpaired) electrons. The average molecular weight is 479 g/mol. The number of carbonyl (C=O) groups is 2. The maximum atomic E-state index is 12.9. The minimum absolute atomic E-state index is 0.00566. The summed E-state index contributed by atoms with van der Waals surface area (Å²) in [6, 6.07) is 3.06. The second kappa shape index (κ2) is 7.52. The molecule has 1 saturated carbocycles. The van der Waals surface area contributed by atoms with E-state index in [0.29, 0.717) is 50.6 Å². The maximum Gasteiger partial charge on any atom is 0.453 e. The molecule has 3 saturated heterocycles. The van der Waals surface area contributed by atoms with Gasteiger partial charge in [-0.25, -0.2) is 9.78 Å². The number of amides is 3. The number of hydrogen-bond donors (Lipinski definition) is 1. The van der Waals surface area contributed by atoms with Crippen molar-refractivity contribution in [3.63, 3.8) is 0 Å². The van der Waals surface area contributed by atoms with Crippen molar-refractivity contribution in [2.45, 2.75) is 44.0 Å². The summed E-state index contributed by atoms with van der Waals surface area (Å²) in [6.45, 7) is 2.59. The third-order valence-corrected chi connectivity index (χ3v) is 7.38. The minimum Gasteiger partial charge on any atom is -0.366 e. The van der Waals surface area contributed by atoms with Gasteiger partial charge >= 0.3 is 12.2 Å². The summed E-state index contributed by atoms with van der Waals surface area (Å²) in [7, 11) is 0. The summed E-state index contributed by atoms with van der Waals surface area (Å²) in [5.41, 5.74) is 0.872. The monoisotopic (exact) mass is 479 g/mol. The number of nitrogens with zero attached hydrogens (tertiary/aromatic N) is 6. The molecule has 4 aliphatic rings. The first-order valence-electron chi connectivity index (χ1n) is 11.4. The van der Waals surface area contributed by atoms with Crippen molar-refractivity contribution in [1.82, 2.24) is 34.9 Å². The van der Waals surface area contributed by atoms with Crippen molar-refractivity contribution in [3.8, 4) is 0 Å². The van der Waals surface area contributed by atoms with Gasteiger partial charge in [-0.1, -0.05) is 0 Å². The predicted octanol–water partition coefficient (Wildman–Crippen LogP) is 1.11. The third kappa shape index (κ3) is 3.75. The molecular formula is C21H24F3N7O3. The molecule has 3 amide bonds. The summed E-state index contributed by atoms with van der Waals surface area (Å²) in [4.78, 5) is 31.6. The number of fused-ring (bicyclic) bond motifs is 2. The summed E-state index contributed by atoms with van der Waals surface area (Å²) >= 11 is 0. The number of halogens is 3. The molecule has 10 nitrogen and oxygen atoms in total. The Morgan fingerprint density at radius 2 is 2.00 bits per heavy atom. The Labute approximate surface area is 192 Å². The van der Waals surface area contributed by atoms with E-state index in [0.717, 1.165) is 17.5 Å². The number of morpholine rings is 1. The van der Waals surface area contributed by atoms with Crippen LogP contribution < -0.4 is 5.32 Å². The van der Waals surface area contributed by atoms with E-state index in [-0.39, 0.29) is 41.8 Å². The molecule has 4 fully saturated rings. The first-order chi connectivity index (χ1) is 16.2. The van der Waals surface area contributed by atoms with Gasteiger partial charge in [-0.15, -0.1) is 9.73 Å². The largest absolute Gasteiger partial charge is 0.453 e. The van der Waals surface area contributed by atoms with E-state index in [4.69, 9.17) is 4.74 Å². The van der Waals surface area contributed by atoms with Gasteiger partial charge in [0.05, 0.1) is 17.8 Å². The van der Waals surface area contributed by atoms with E-state index in [1.54, 1.807) is 11.0 Å². The summed E-state index contributed by atoms with van der Waals surface area (Å²) in [5, 5.41) is 10.6. The number of rotatable bonds is 2. The van der Waals surface area contributed by atoms with E-state index in [9.17, 15) is 22.8 Å². The van der Waals surface area contributed by atoms with Gasteiger partial charge in [0.2, 0.25) is 5.91 Å². The van der Waals surface area contributed by atoms with E-state index in [1.165, 1.54) is 6.07 Å². The van der Waals surface area contributed by atoms with Crippen LogP contribution in [0.15, 0.2) is 12.1 Å². The molecule has 34 heavy (non-hydrogen) atoms. The van der Waals surface area contributed by atoms with Gasteiger partial charge in [0.25, 0.3) is 5.82 Å². The molecule has 2 aromatic heterocycles. The zero-order chi connectivity index (χ0) is 23.7. The Morgan fingerprint density at radius 1 is 1.21 bits per heavy atom. The molecule has 2 aromatic rings. The Hall–Kier alpha value is -2.96. The van der Waals surface area contributed by atoms with Crippen LogP contribution in [-0.4, -0.2) is 86.5 Å². The number of piperidine rings is 1. The third-order valence-electron chi connectivity index (χ3n) is 7.38. The Balaban J connectivity index is 1.00. The number of likely N-dealkylation sites (tertiary alicyclic amines) is 2. The van der Waals surface area contributed by atoms with Crippen molar-refractivity contribution in [3.05, 3.63) is 23.7 Å². The lowest BCUT2D eigenvalue weighted by atomic mass is 9.57. The molecule has 1 spiro atoms. The van der Waals surface area contributed by atoms with Crippen LogP contribution in [0.1, 0.15) is 30.8 Å². The number of ether oxygens (including phenoxy) is 1. The zero-order valence-corrected chi connectivity index (χ0v) is 18.3. The van der Waals surface area contributed by atoms with Gasteiger partial charge in [-0.2, -0.15) is 18.3 Å². The van der Waals surface area contributed by atoms with Gasteiger partial charge < -0.3 is 19.9 Å². The highest BCUT2D eigenvalue weighted by molar-refractivity contribution is 5.79. The molecule has 0 bridgehead atoms. The van der Waals surface area contributed by atoms with E-state index in [2.05, 4.69) is 20.5 Å². The standard InChI is InChI=1S/C21H24F3N7O3/c22-21(23,24)18-26-16-2-1-13(27-31(16)28-18)5-12-6-20(7-12)10-30(11-20)19(33)29-4-3-15-14(8-29)25-17(32)9-34-15/h1-2,12,14-15H,3-11H2,(H,25,32)/t14-,15+/m1/s1. The molecule has 0 unspecified atom stereocenters. The van der Waals surface area contributed by atoms with Crippen molar-refractivity contribution in [2.24, 2.45) is 11.3 Å². The number of aromatic nitrogens is 4. The second-order valence-electron chi connectivity index (χ2n) is 9.98.